The van der Waals surface area contributed by atoms with Gasteiger partial charge in [-0.2, -0.15) is 0 Å². The Morgan fingerprint density at radius 2 is 1.69 bits per heavy atom. The van der Waals surface area contributed by atoms with Gasteiger partial charge in [0.05, 0.1) is 20.0 Å². The molecule has 1 N–H and O–H groups in total. The number of carbonyl (C=O) groups excluding carboxylic acids is 1. The molecule has 0 aliphatic carbocycles. The Hall–Kier alpha value is -3.98. The maximum atomic E-state index is 12.6. The van der Waals surface area contributed by atoms with Crippen LogP contribution in [0.3, 0.4) is 0 Å². The Kier molecular flexibility index (Phi) is 7.89. The number of methoxy groups -OCH3 is 2. The number of nitrogens with one attached hydrogen (secondary N) is 1. The Bertz CT molecular complexity index is 1280. The molecule has 0 unspecified atom stereocenters. The second kappa shape index (κ2) is 11.4. The molecular weight excluding hydrogens is 464 g/mol. The van der Waals surface area contributed by atoms with Gasteiger partial charge in [-0.3, -0.25) is 9.36 Å². The number of amides is 1. The summed E-state index contributed by atoms with van der Waals surface area (Å²) in [4.78, 5) is 12.6. The summed E-state index contributed by atoms with van der Waals surface area (Å²) in [5.41, 5.74) is 2.67. The monoisotopic (exact) mass is 490 g/mol. The molecule has 3 aromatic carbocycles. The summed E-state index contributed by atoms with van der Waals surface area (Å²) in [6.07, 6.45) is 0. The molecular formula is C26H26N4O4S. The van der Waals surface area contributed by atoms with Crippen molar-refractivity contribution in [2.75, 3.05) is 25.3 Å². The summed E-state index contributed by atoms with van der Waals surface area (Å²) in [7, 11) is 3.12. The molecule has 0 atom stereocenters. The van der Waals surface area contributed by atoms with Crippen LogP contribution in [0.25, 0.3) is 5.69 Å². The number of thioether (sulfide) groups is 1. The van der Waals surface area contributed by atoms with Crippen LogP contribution in [0, 0.1) is 6.92 Å². The van der Waals surface area contributed by atoms with Crippen molar-refractivity contribution in [3.05, 3.63) is 84.2 Å². The van der Waals surface area contributed by atoms with Crippen LogP contribution in [0.1, 0.15) is 11.4 Å². The van der Waals surface area contributed by atoms with Crippen molar-refractivity contribution in [3.63, 3.8) is 0 Å². The third-order valence-corrected chi connectivity index (χ3v) is 6.03. The number of aryl methyl sites for hydroxylation is 1. The van der Waals surface area contributed by atoms with Gasteiger partial charge in [0.15, 0.2) is 22.5 Å². The predicted molar refractivity (Wildman–Crippen MR) is 136 cm³/mol. The average Bonchev–Trinajstić information content (AvgIpc) is 3.30. The van der Waals surface area contributed by atoms with E-state index in [1.54, 1.807) is 32.4 Å². The van der Waals surface area contributed by atoms with E-state index in [-0.39, 0.29) is 18.3 Å². The molecule has 35 heavy (non-hydrogen) atoms. The summed E-state index contributed by atoms with van der Waals surface area (Å²) in [5, 5.41) is 12.1. The third-order valence-electron chi connectivity index (χ3n) is 5.10. The van der Waals surface area contributed by atoms with Crippen molar-refractivity contribution in [3.8, 4) is 22.9 Å². The minimum absolute atomic E-state index is 0.151. The molecule has 0 bridgehead atoms. The first-order valence-corrected chi connectivity index (χ1v) is 11.9. The van der Waals surface area contributed by atoms with E-state index in [1.165, 1.54) is 11.8 Å². The average molecular weight is 491 g/mol. The number of benzene rings is 3. The first-order valence-electron chi connectivity index (χ1n) is 10.9. The van der Waals surface area contributed by atoms with E-state index in [4.69, 9.17) is 14.2 Å². The fourth-order valence-electron chi connectivity index (χ4n) is 3.35. The number of carbonyl (C=O) groups is 1. The molecule has 1 heterocycles. The summed E-state index contributed by atoms with van der Waals surface area (Å²) >= 11 is 1.30. The normalized spacial score (nSPS) is 10.6. The molecule has 180 valence electrons. The van der Waals surface area contributed by atoms with Gasteiger partial charge >= 0.3 is 0 Å². The molecule has 0 aliphatic heterocycles. The van der Waals surface area contributed by atoms with Crippen LogP contribution in [-0.4, -0.2) is 40.6 Å². The van der Waals surface area contributed by atoms with Gasteiger partial charge < -0.3 is 19.5 Å². The Morgan fingerprint density at radius 1 is 0.943 bits per heavy atom. The molecule has 0 saturated heterocycles. The SMILES string of the molecule is COc1ccc(NC(=O)CSc2nnc(COc3ccc(C)cc3)n2-c2ccccc2)cc1OC. The molecule has 9 heteroatoms. The summed E-state index contributed by atoms with van der Waals surface area (Å²) in [5.74, 6) is 2.50. The van der Waals surface area contributed by atoms with Crippen molar-refractivity contribution in [2.24, 2.45) is 0 Å². The van der Waals surface area contributed by atoms with Gasteiger partial charge in [0.25, 0.3) is 0 Å². The number of para-hydroxylation sites is 1. The maximum absolute atomic E-state index is 12.6. The van der Waals surface area contributed by atoms with Gasteiger partial charge in [-0.15, -0.1) is 10.2 Å². The Balaban J connectivity index is 1.47. The van der Waals surface area contributed by atoms with Gasteiger partial charge in [-0.25, -0.2) is 0 Å². The lowest BCUT2D eigenvalue weighted by molar-refractivity contribution is -0.113. The van der Waals surface area contributed by atoms with Crippen LogP contribution in [0.15, 0.2) is 78.0 Å². The maximum Gasteiger partial charge on any atom is 0.234 e. The lowest BCUT2D eigenvalue weighted by atomic mass is 10.2. The number of nitrogens with zero attached hydrogens (tertiary/aromatic N) is 3. The highest BCUT2D eigenvalue weighted by atomic mass is 32.2. The van der Waals surface area contributed by atoms with Crippen LogP contribution in [0.5, 0.6) is 17.2 Å². The van der Waals surface area contributed by atoms with E-state index in [1.807, 2.05) is 66.1 Å². The third kappa shape index (κ3) is 6.13. The minimum atomic E-state index is -0.178. The van der Waals surface area contributed by atoms with Crippen LogP contribution >= 0.6 is 11.8 Å². The quantitative estimate of drug-likeness (QED) is 0.316. The van der Waals surface area contributed by atoms with Crippen molar-refractivity contribution >= 4 is 23.4 Å². The molecule has 1 aromatic heterocycles. The molecule has 0 fully saturated rings. The second-order valence-corrected chi connectivity index (χ2v) is 8.52. The van der Waals surface area contributed by atoms with Crippen molar-refractivity contribution in [1.29, 1.82) is 0 Å². The standard InChI is InChI=1S/C26H26N4O4S/c1-18-9-12-21(13-10-18)34-16-24-28-29-26(30(24)20-7-5-4-6-8-20)35-17-25(31)27-19-11-14-22(32-2)23(15-19)33-3/h4-15H,16-17H2,1-3H3,(H,27,31). The highest BCUT2D eigenvalue weighted by Gasteiger charge is 2.17. The van der Waals surface area contributed by atoms with Crippen LogP contribution < -0.4 is 19.5 Å². The van der Waals surface area contributed by atoms with Crippen molar-refractivity contribution in [2.45, 2.75) is 18.7 Å². The predicted octanol–water partition coefficient (Wildman–Crippen LogP) is 4.90. The van der Waals surface area contributed by atoms with E-state index < -0.39 is 0 Å². The number of aromatic nitrogens is 3. The molecule has 0 aliphatic rings. The first kappa shape index (κ1) is 24.2. The molecule has 4 rings (SSSR count). The van der Waals surface area contributed by atoms with Gasteiger partial charge in [-0.1, -0.05) is 47.7 Å². The molecule has 0 spiro atoms. The second-order valence-electron chi connectivity index (χ2n) is 7.58. The Morgan fingerprint density at radius 3 is 2.40 bits per heavy atom. The number of hydrogen-bond acceptors (Lipinski definition) is 7. The summed E-state index contributed by atoms with van der Waals surface area (Å²) < 4.78 is 18.4. The highest BCUT2D eigenvalue weighted by Crippen LogP contribution is 2.30. The van der Waals surface area contributed by atoms with Crippen LogP contribution in [-0.2, 0) is 11.4 Å². The van der Waals surface area contributed by atoms with Crippen LogP contribution in [0.4, 0.5) is 5.69 Å². The fraction of sp³-hybridized carbons (Fsp3) is 0.192. The number of rotatable bonds is 10. The lowest BCUT2D eigenvalue weighted by Crippen LogP contribution is -2.15. The van der Waals surface area contributed by atoms with Gasteiger partial charge in [-0.05, 0) is 43.3 Å². The highest BCUT2D eigenvalue weighted by molar-refractivity contribution is 7.99. The van der Waals surface area contributed by atoms with Gasteiger partial charge in [0, 0.05) is 17.4 Å². The van der Waals surface area contributed by atoms with Gasteiger partial charge in [0.1, 0.15) is 12.4 Å². The van der Waals surface area contributed by atoms with E-state index in [9.17, 15) is 4.79 Å². The van der Waals surface area contributed by atoms with Crippen molar-refractivity contribution in [1.82, 2.24) is 14.8 Å². The number of ether oxygens (including phenoxy) is 3. The molecule has 1 amide bonds. The zero-order valence-electron chi connectivity index (χ0n) is 19.7. The van der Waals surface area contributed by atoms with Gasteiger partial charge in [0.2, 0.25) is 5.91 Å². The lowest BCUT2D eigenvalue weighted by Gasteiger charge is -2.12. The number of hydrogen-bond donors (Lipinski definition) is 1. The van der Waals surface area contributed by atoms with Crippen molar-refractivity contribution < 1.29 is 19.0 Å². The molecule has 0 radical (unpaired) electrons. The van der Waals surface area contributed by atoms with E-state index in [2.05, 4.69) is 15.5 Å². The van der Waals surface area contributed by atoms with E-state index in [0.717, 1.165) is 17.0 Å². The van der Waals surface area contributed by atoms with E-state index in [0.29, 0.717) is 28.2 Å². The van der Waals surface area contributed by atoms with Crippen LogP contribution in [0.2, 0.25) is 0 Å². The fourth-order valence-corrected chi connectivity index (χ4v) is 4.12. The first-order chi connectivity index (χ1) is 17.1. The largest absolute Gasteiger partial charge is 0.493 e. The molecule has 8 nitrogen and oxygen atoms in total. The van der Waals surface area contributed by atoms with E-state index >= 15 is 0 Å². The zero-order chi connectivity index (χ0) is 24.6. The molecule has 0 saturated carbocycles. The smallest absolute Gasteiger partial charge is 0.234 e. The Labute approximate surface area is 208 Å². The topological polar surface area (TPSA) is 87.5 Å². The summed E-state index contributed by atoms with van der Waals surface area (Å²) in [6, 6.07) is 22.8. The minimum Gasteiger partial charge on any atom is -0.493 e. The zero-order valence-corrected chi connectivity index (χ0v) is 20.5. The summed E-state index contributed by atoms with van der Waals surface area (Å²) in [6.45, 7) is 2.27. The molecule has 4 aromatic rings. The number of anilines is 1.